The van der Waals surface area contributed by atoms with E-state index >= 15 is 0 Å². The van der Waals surface area contributed by atoms with E-state index in [-0.39, 0.29) is 0 Å². The van der Waals surface area contributed by atoms with Crippen molar-refractivity contribution in [3.05, 3.63) is 0 Å². The molecule has 10 N–H and O–H groups in total. The average Bonchev–Trinajstić information content (AvgIpc) is 2.62. The van der Waals surface area contributed by atoms with Crippen molar-refractivity contribution in [3.63, 3.8) is 0 Å². The van der Waals surface area contributed by atoms with Gasteiger partial charge in [-0.15, -0.1) is 0 Å². The van der Waals surface area contributed by atoms with Crippen molar-refractivity contribution in [1.29, 1.82) is 0 Å². The monoisotopic (exact) mass is 419 g/mol. The van der Waals surface area contributed by atoms with Crippen LogP contribution < -0.4 is 27.4 Å². The number of carbonyl (C=O) groups excluding carboxylic acids is 3. The molecule has 0 bridgehead atoms. The summed E-state index contributed by atoms with van der Waals surface area (Å²) in [4.78, 5) is 47.6. The fourth-order valence-corrected chi connectivity index (χ4v) is 2.34. The number of hydrogen-bond donors (Lipinski definition) is 8. The number of hydrogen-bond acceptors (Lipinski definition) is 8. The van der Waals surface area contributed by atoms with Gasteiger partial charge in [0.2, 0.25) is 17.7 Å². The maximum absolute atomic E-state index is 12.4. The molecule has 0 aliphatic heterocycles. The van der Waals surface area contributed by atoms with E-state index in [1.54, 1.807) is 0 Å². The van der Waals surface area contributed by atoms with E-state index in [1.807, 2.05) is 0 Å². The number of carbonyl (C=O) groups is 4. The zero-order valence-corrected chi connectivity index (χ0v) is 16.9. The van der Waals surface area contributed by atoms with Crippen LogP contribution in [0.3, 0.4) is 0 Å². The summed E-state index contributed by atoms with van der Waals surface area (Å²) in [5.74, 6) is -3.79. The second-order valence-corrected chi connectivity index (χ2v) is 6.91. The molecule has 3 amide bonds. The first-order valence-electron chi connectivity index (χ1n) is 9.38. The number of aliphatic carboxylic acids is 1. The van der Waals surface area contributed by atoms with Crippen LogP contribution in [-0.4, -0.2) is 81.9 Å². The van der Waals surface area contributed by atoms with E-state index < -0.39 is 60.1 Å². The Morgan fingerprint density at radius 2 is 1.34 bits per heavy atom. The third-order valence-electron chi connectivity index (χ3n) is 4.17. The molecule has 0 saturated heterocycles. The van der Waals surface area contributed by atoms with E-state index in [0.29, 0.717) is 25.8 Å². The number of carboxylic acid groups (broad SMARTS) is 1. The molecule has 12 nitrogen and oxygen atoms in total. The third-order valence-corrected chi connectivity index (χ3v) is 4.17. The summed E-state index contributed by atoms with van der Waals surface area (Å²) in [6, 6.07) is -5.01. The quantitative estimate of drug-likeness (QED) is 0.140. The number of nitrogens with one attached hydrogen (secondary N) is 3. The highest BCUT2D eigenvalue weighted by molar-refractivity contribution is 5.94. The summed E-state index contributed by atoms with van der Waals surface area (Å²) in [6.45, 7) is 4.22. The molecule has 0 rings (SSSR count). The first kappa shape index (κ1) is 26.7. The third kappa shape index (κ3) is 9.65. The van der Waals surface area contributed by atoms with E-state index in [1.165, 1.54) is 20.8 Å². The van der Waals surface area contributed by atoms with Gasteiger partial charge in [0, 0.05) is 0 Å². The highest BCUT2D eigenvalue weighted by Gasteiger charge is 2.31. The zero-order chi connectivity index (χ0) is 22.7. The molecule has 0 aliphatic rings. The van der Waals surface area contributed by atoms with Crippen LogP contribution in [0.2, 0.25) is 0 Å². The summed E-state index contributed by atoms with van der Waals surface area (Å²) in [5, 5.41) is 34.9. The highest BCUT2D eigenvalue weighted by atomic mass is 16.4. The predicted molar refractivity (Wildman–Crippen MR) is 103 cm³/mol. The molecule has 0 aromatic rings. The Morgan fingerprint density at radius 1 is 0.828 bits per heavy atom. The van der Waals surface area contributed by atoms with Gasteiger partial charge < -0.3 is 42.7 Å². The van der Waals surface area contributed by atoms with Gasteiger partial charge in [0.05, 0.1) is 18.2 Å². The minimum atomic E-state index is -1.55. The molecule has 168 valence electrons. The second-order valence-electron chi connectivity index (χ2n) is 6.91. The van der Waals surface area contributed by atoms with Gasteiger partial charge in [-0.3, -0.25) is 14.4 Å². The topological polar surface area (TPSA) is 217 Å². The number of unbranched alkanes of at least 4 members (excludes halogenated alkanes) is 1. The number of rotatable bonds is 13. The van der Waals surface area contributed by atoms with Gasteiger partial charge >= 0.3 is 5.97 Å². The van der Waals surface area contributed by atoms with Crippen LogP contribution in [0.1, 0.15) is 40.0 Å². The van der Waals surface area contributed by atoms with Crippen LogP contribution in [-0.2, 0) is 19.2 Å². The number of carboxylic acids is 1. The van der Waals surface area contributed by atoms with Crippen molar-refractivity contribution in [2.75, 3.05) is 6.54 Å². The van der Waals surface area contributed by atoms with Crippen molar-refractivity contribution in [3.8, 4) is 0 Å². The van der Waals surface area contributed by atoms with Crippen molar-refractivity contribution in [2.24, 2.45) is 11.5 Å². The summed E-state index contributed by atoms with van der Waals surface area (Å²) >= 11 is 0. The largest absolute Gasteiger partial charge is 0.480 e. The molecule has 0 aromatic carbocycles. The minimum absolute atomic E-state index is 0.353. The van der Waals surface area contributed by atoms with Crippen LogP contribution >= 0.6 is 0 Å². The van der Waals surface area contributed by atoms with Crippen LogP contribution in [0.25, 0.3) is 0 Å². The van der Waals surface area contributed by atoms with Crippen molar-refractivity contribution in [2.45, 2.75) is 76.4 Å². The smallest absolute Gasteiger partial charge is 0.328 e. The molecule has 29 heavy (non-hydrogen) atoms. The maximum Gasteiger partial charge on any atom is 0.328 e. The van der Waals surface area contributed by atoms with Crippen molar-refractivity contribution in [1.82, 2.24) is 16.0 Å². The molecular weight excluding hydrogens is 386 g/mol. The predicted octanol–water partition coefficient (Wildman–Crippen LogP) is -3.24. The lowest BCUT2D eigenvalue weighted by molar-refractivity contribution is -0.145. The van der Waals surface area contributed by atoms with Gasteiger partial charge in [0.25, 0.3) is 0 Å². The summed E-state index contributed by atoms with van der Waals surface area (Å²) < 4.78 is 0. The number of aliphatic hydroxyl groups excluding tert-OH is 2. The lowest BCUT2D eigenvalue weighted by atomic mass is 10.1. The molecule has 0 aromatic heterocycles. The highest BCUT2D eigenvalue weighted by Crippen LogP contribution is 2.02. The Labute approximate surface area is 169 Å². The Hall–Kier alpha value is -2.28. The Balaban J connectivity index is 4.90. The normalized spacial score (nSPS) is 17.2. The first-order chi connectivity index (χ1) is 13.4. The van der Waals surface area contributed by atoms with Gasteiger partial charge in [0.15, 0.2) is 6.04 Å². The van der Waals surface area contributed by atoms with Crippen LogP contribution in [0, 0.1) is 0 Å². The van der Waals surface area contributed by atoms with Gasteiger partial charge in [-0.2, -0.15) is 0 Å². The van der Waals surface area contributed by atoms with Gasteiger partial charge in [-0.05, 0) is 40.2 Å². The Morgan fingerprint density at radius 3 is 1.79 bits per heavy atom. The fraction of sp³-hybridized carbons (Fsp3) is 0.765. The molecule has 0 fully saturated rings. The maximum atomic E-state index is 12.4. The molecule has 12 heteroatoms. The van der Waals surface area contributed by atoms with E-state index in [2.05, 4.69) is 16.0 Å². The summed E-state index contributed by atoms with van der Waals surface area (Å²) in [6.07, 6.45) is -0.967. The summed E-state index contributed by atoms with van der Waals surface area (Å²) in [7, 11) is 0. The standard InChI is InChI=1S/C17H33N5O7/c1-8(14(25)22-13(10(3)24)17(28)29)20-16(27)12(9(2)23)21-15(26)11(19)6-4-5-7-18/h8-13,23-24H,4-7,18-19H2,1-3H3,(H,20,27)(H,21,26)(H,22,25)(H,28,29). The molecule has 0 radical (unpaired) electrons. The molecule has 0 heterocycles. The number of aliphatic hydroxyl groups is 2. The molecule has 0 aliphatic carbocycles. The molecule has 6 atom stereocenters. The van der Waals surface area contributed by atoms with E-state index in [9.17, 15) is 29.4 Å². The minimum Gasteiger partial charge on any atom is -0.480 e. The van der Waals surface area contributed by atoms with Gasteiger partial charge in [-0.1, -0.05) is 6.42 Å². The Bertz CT molecular complexity index is 570. The molecule has 0 spiro atoms. The number of amides is 3. The number of nitrogens with two attached hydrogens (primary N) is 2. The SMILES string of the molecule is CC(NC(=O)C(NC(=O)C(N)CCCCN)C(C)O)C(=O)NC(C(=O)O)C(C)O. The van der Waals surface area contributed by atoms with Crippen molar-refractivity contribution >= 4 is 23.7 Å². The molecule has 6 unspecified atom stereocenters. The Kier molecular flexibility index (Phi) is 12.0. The van der Waals surface area contributed by atoms with Crippen molar-refractivity contribution < 1.29 is 34.5 Å². The fourth-order valence-electron chi connectivity index (χ4n) is 2.34. The lowest BCUT2D eigenvalue weighted by Crippen LogP contribution is -2.59. The van der Waals surface area contributed by atoms with E-state index in [0.717, 1.165) is 0 Å². The average molecular weight is 419 g/mol. The van der Waals surface area contributed by atoms with Crippen LogP contribution in [0.15, 0.2) is 0 Å². The second kappa shape index (κ2) is 13.0. The zero-order valence-electron chi connectivity index (χ0n) is 16.9. The van der Waals surface area contributed by atoms with Crippen LogP contribution in [0.5, 0.6) is 0 Å². The summed E-state index contributed by atoms with van der Waals surface area (Å²) in [5.41, 5.74) is 11.1. The van der Waals surface area contributed by atoms with Gasteiger partial charge in [0.1, 0.15) is 12.1 Å². The molecular formula is C17H33N5O7. The van der Waals surface area contributed by atoms with Crippen LogP contribution in [0.4, 0.5) is 0 Å². The van der Waals surface area contributed by atoms with E-state index in [4.69, 9.17) is 16.6 Å². The lowest BCUT2D eigenvalue weighted by Gasteiger charge is -2.25. The van der Waals surface area contributed by atoms with Gasteiger partial charge in [-0.25, -0.2) is 4.79 Å². The first-order valence-corrected chi connectivity index (χ1v) is 9.38. The molecule has 0 saturated carbocycles.